The first-order valence-corrected chi connectivity index (χ1v) is 27.4. The zero-order valence-electron chi connectivity index (χ0n) is 43.1. The molecular weight excluding hydrogens is 913 g/mol. The molecule has 2 saturated carbocycles. The number of likely N-dealkylation sites (tertiary alicyclic amines) is 1. The number of imide groups is 1. The van der Waals surface area contributed by atoms with Crippen molar-refractivity contribution in [2.24, 2.45) is 24.8 Å². The van der Waals surface area contributed by atoms with Crippen molar-refractivity contribution in [3.05, 3.63) is 53.5 Å². The number of nitrogens with zero attached hydrogens (tertiary/aromatic N) is 9. The monoisotopic (exact) mass is 993 g/mol. The molecule has 6 heterocycles. The number of piperazine rings is 2. The van der Waals surface area contributed by atoms with Gasteiger partial charge in [0, 0.05) is 109 Å². The number of hydrogen-bond donors (Lipinski definition) is 4. The minimum atomic E-state index is -0.458. The number of aryl methyl sites for hydroxylation is 2. The molecule has 2 atom stereocenters. The summed E-state index contributed by atoms with van der Waals surface area (Å²) in [5, 5.41) is 25.2. The van der Waals surface area contributed by atoms with E-state index in [0.29, 0.717) is 53.7 Å². The quantitative estimate of drug-likeness (QED) is 0.0736. The molecule has 9 rings (SSSR count). The summed E-state index contributed by atoms with van der Waals surface area (Å²) in [4.78, 5) is 72.5. The number of aliphatic hydroxyl groups is 1. The average Bonchev–Trinajstić information content (AvgIpc) is 3.81. The lowest BCUT2D eigenvalue weighted by molar-refractivity contribution is -0.140. The van der Waals surface area contributed by atoms with Crippen LogP contribution in [0.3, 0.4) is 0 Å². The molecule has 3 amide bonds. The molecule has 0 bridgehead atoms. The summed E-state index contributed by atoms with van der Waals surface area (Å²) in [6, 6.07) is 8.86. The molecule has 4 saturated heterocycles. The lowest BCUT2D eigenvalue weighted by Crippen LogP contribution is -2.55. The first-order valence-electron chi connectivity index (χ1n) is 27.4. The number of hydrogen-bond acceptors (Lipinski definition) is 15. The van der Waals surface area contributed by atoms with E-state index >= 15 is 0 Å². The summed E-state index contributed by atoms with van der Waals surface area (Å²) in [7, 11) is 1.85. The number of esters is 1. The van der Waals surface area contributed by atoms with Crippen molar-refractivity contribution in [2.45, 2.75) is 134 Å². The van der Waals surface area contributed by atoms with Crippen molar-refractivity contribution in [2.75, 3.05) is 94.1 Å². The van der Waals surface area contributed by atoms with Gasteiger partial charge in [-0.1, -0.05) is 31.0 Å². The molecular formula is C54H80N12O6. The maximum absolute atomic E-state index is 13.7. The molecule has 6 fully saturated rings. The number of amides is 3. The number of benzene rings is 1. The molecule has 2 aliphatic carbocycles. The number of piperidine rings is 2. The number of aromatic nitrogens is 4. The highest BCUT2D eigenvalue weighted by Gasteiger charge is 2.38. The van der Waals surface area contributed by atoms with Crippen LogP contribution in [-0.4, -0.2) is 165 Å². The van der Waals surface area contributed by atoms with E-state index in [0.717, 1.165) is 153 Å². The summed E-state index contributed by atoms with van der Waals surface area (Å²) < 4.78 is 7.10. The van der Waals surface area contributed by atoms with Crippen molar-refractivity contribution in [1.29, 1.82) is 0 Å². The van der Waals surface area contributed by atoms with E-state index in [9.17, 15) is 24.3 Å². The number of carbonyl (C=O) groups is 4. The third kappa shape index (κ3) is 12.8. The zero-order valence-corrected chi connectivity index (χ0v) is 43.1. The van der Waals surface area contributed by atoms with Crippen molar-refractivity contribution in [1.82, 2.24) is 44.7 Å². The number of para-hydroxylation sites is 1. The Hall–Kier alpha value is -5.17. The second kappa shape index (κ2) is 24.2. The van der Waals surface area contributed by atoms with Gasteiger partial charge in [0.05, 0.1) is 30.1 Å². The smallest absolute Gasteiger partial charge is 0.343 e. The van der Waals surface area contributed by atoms with Crippen molar-refractivity contribution in [3.8, 4) is 0 Å². The molecule has 0 spiro atoms. The first-order chi connectivity index (χ1) is 35.0. The number of ether oxygens (including phenoxy) is 1. The third-order valence-corrected chi connectivity index (χ3v) is 16.9. The molecule has 392 valence electrons. The van der Waals surface area contributed by atoms with Gasteiger partial charge >= 0.3 is 5.97 Å². The van der Waals surface area contributed by atoms with E-state index in [1.165, 1.54) is 19.3 Å². The van der Waals surface area contributed by atoms with E-state index in [1.54, 1.807) is 17.8 Å². The highest BCUT2D eigenvalue weighted by Crippen LogP contribution is 2.37. The molecule has 1 aromatic carbocycles. The molecule has 72 heavy (non-hydrogen) atoms. The predicted octanol–water partition coefficient (Wildman–Crippen LogP) is 5.66. The van der Waals surface area contributed by atoms with Gasteiger partial charge in [-0.25, -0.2) is 9.78 Å². The molecule has 4 aliphatic heterocycles. The van der Waals surface area contributed by atoms with Gasteiger partial charge < -0.3 is 30.3 Å². The number of nitrogens with one attached hydrogen (secondary N) is 3. The molecule has 1 unspecified atom stereocenters. The van der Waals surface area contributed by atoms with Gasteiger partial charge in [0.1, 0.15) is 17.6 Å². The minimum Gasteiger partial charge on any atom is -0.462 e. The summed E-state index contributed by atoms with van der Waals surface area (Å²) in [5.74, 6) is 1.17. The topological polar surface area (TPSA) is 194 Å². The van der Waals surface area contributed by atoms with E-state index in [1.807, 2.05) is 38.4 Å². The molecule has 0 radical (unpaired) electrons. The average molecular weight is 993 g/mol. The van der Waals surface area contributed by atoms with Crippen LogP contribution in [0.2, 0.25) is 0 Å². The van der Waals surface area contributed by atoms with Crippen LogP contribution in [0.4, 0.5) is 23.1 Å². The van der Waals surface area contributed by atoms with E-state index in [-0.39, 0.29) is 42.2 Å². The van der Waals surface area contributed by atoms with Crippen LogP contribution in [0, 0.1) is 24.7 Å². The Labute approximate surface area is 426 Å². The molecule has 18 nitrogen and oxygen atoms in total. The van der Waals surface area contributed by atoms with Gasteiger partial charge in [0.25, 0.3) is 0 Å². The van der Waals surface area contributed by atoms with Gasteiger partial charge in [-0.05, 0) is 121 Å². The Kier molecular flexibility index (Phi) is 17.4. The standard InChI is InChI=1S/C54H80N12O6/c1-4-72-53(71)48-37(2)56-54(58-42-35-55-61(3)36-42)60-49(48)57-41-16-18-43(19-17-41)63-31-33-66(34-32-63)52(70)40-14-12-39(13-15-40)51(69)65-25-22-38(23-26-65)9-7-8-24-62-27-29-64(30-28-62)46-11-6-5-10-44(46)45-20-21-47(67)59-50(45)68/h5-6,10-11,35-36,38-41,43,45,52,70H,4,7-9,12-34H2,1-3H3,(H,59,67,68)(H2,56,57,58,60)/t39?,40?,41?,43?,45?,52-/m1/s1. The number of aliphatic hydroxyl groups excluding tert-OH is 1. The van der Waals surface area contributed by atoms with Crippen LogP contribution >= 0.6 is 0 Å². The predicted molar refractivity (Wildman–Crippen MR) is 277 cm³/mol. The van der Waals surface area contributed by atoms with Gasteiger partial charge in [-0.3, -0.25) is 39.1 Å². The number of unbranched alkanes of at least 4 members (excludes halogenated alkanes) is 1. The van der Waals surface area contributed by atoms with Crippen LogP contribution < -0.4 is 20.9 Å². The maximum atomic E-state index is 13.7. The molecule has 18 heteroatoms. The lowest BCUT2D eigenvalue weighted by atomic mass is 9.79. The SMILES string of the molecule is CCOC(=O)c1c(C)nc(Nc2cnn(C)c2)nc1NC1CCC(N2CCN([C@H](O)C3CCC(C(=O)N4CCC(CCCCN5CCN(c6ccccc6C6CCC(=O)NC6=O)CC5)CC4)CC3)CC2)CC1. The maximum Gasteiger partial charge on any atom is 0.343 e. The summed E-state index contributed by atoms with van der Waals surface area (Å²) in [6.07, 6.45) is 17.5. The van der Waals surface area contributed by atoms with Crippen LogP contribution in [-0.2, 0) is 26.2 Å². The normalized spacial score (nSPS) is 25.8. The zero-order chi connectivity index (χ0) is 50.1. The second-order valence-electron chi connectivity index (χ2n) is 21.5. The Balaban J connectivity index is 0.637. The van der Waals surface area contributed by atoms with Crippen LogP contribution in [0.25, 0.3) is 0 Å². The Morgan fingerprint density at radius 3 is 2.29 bits per heavy atom. The minimum absolute atomic E-state index is 0.0820. The molecule has 6 aliphatic rings. The fourth-order valence-corrected chi connectivity index (χ4v) is 12.6. The van der Waals surface area contributed by atoms with Crippen molar-refractivity contribution >= 4 is 46.8 Å². The number of carbonyl (C=O) groups excluding carboxylic acids is 4. The Morgan fingerprint density at radius 1 is 0.861 bits per heavy atom. The highest BCUT2D eigenvalue weighted by molar-refractivity contribution is 6.01. The number of anilines is 4. The number of rotatable bonds is 17. The first kappa shape index (κ1) is 51.7. The van der Waals surface area contributed by atoms with Gasteiger partial charge in [0.2, 0.25) is 23.7 Å². The van der Waals surface area contributed by atoms with Crippen LogP contribution in [0.15, 0.2) is 36.7 Å². The molecule has 3 aromatic rings. The largest absolute Gasteiger partial charge is 0.462 e. The van der Waals surface area contributed by atoms with Gasteiger partial charge in [0.15, 0.2) is 0 Å². The van der Waals surface area contributed by atoms with Crippen LogP contribution in [0.1, 0.15) is 131 Å². The van der Waals surface area contributed by atoms with E-state index in [2.05, 4.69) is 56.6 Å². The van der Waals surface area contributed by atoms with Gasteiger partial charge in [-0.15, -0.1) is 0 Å². The fraction of sp³-hybridized carbons (Fsp3) is 0.685. The highest BCUT2D eigenvalue weighted by atomic mass is 16.5. The summed E-state index contributed by atoms with van der Waals surface area (Å²) in [5.41, 5.74) is 3.85. The van der Waals surface area contributed by atoms with E-state index in [4.69, 9.17) is 9.72 Å². The molecule has 2 aromatic heterocycles. The van der Waals surface area contributed by atoms with Crippen molar-refractivity contribution < 1.29 is 29.0 Å². The van der Waals surface area contributed by atoms with Crippen molar-refractivity contribution in [3.63, 3.8) is 0 Å². The lowest BCUT2D eigenvalue weighted by Gasteiger charge is -2.45. The third-order valence-electron chi connectivity index (χ3n) is 16.9. The fourth-order valence-electron chi connectivity index (χ4n) is 12.6. The second-order valence-corrected chi connectivity index (χ2v) is 21.5. The Bertz CT molecular complexity index is 2310. The Morgan fingerprint density at radius 2 is 1.60 bits per heavy atom. The molecule has 4 N–H and O–H groups in total. The van der Waals surface area contributed by atoms with E-state index < -0.39 is 12.2 Å². The summed E-state index contributed by atoms with van der Waals surface area (Å²) >= 11 is 0. The van der Waals surface area contributed by atoms with Crippen LogP contribution in [0.5, 0.6) is 0 Å². The van der Waals surface area contributed by atoms with Gasteiger partial charge in [-0.2, -0.15) is 10.1 Å². The summed E-state index contributed by atoms with van der Waals surface area (Å²) in [6.45, 7) is 14.2.